The van der Waals surface area contributed by atoms with Gasteiger partial charge in [-0.2, -0.15) is 5.10 Å². The fraction of sp³-hybridized carbons (Fsp3) is 0.636. The molecule has 0 atom stereocenters. The van der Waals surface area contributed by atoms with E-state index < -0.39 is 11.5 Å². The van der Waals surface area contributed by atoms with Gasteiger partial charge in [-0.05, 0) is 43.6 Å². The Morgan fingerprint density at radius 3 is 2.65 bits per heavy atom. The molecule has 1 heterocycles. The van der Waals surface area contributed by atoms with Crippen molar-refractivity contribution >= 4 is 21.9 Å². The predicted octanol–water partition coefficient (Wildman–Crippen LogP) is 1.93. The highest BCUT2D eigenvalue weighted by Crippen LogP contribution is 2.21. The van der Waals surface area contributed by atoms with Gasteiger partial charge in [0.05, 0.1) is 15.9 Å². The second kappa shape index (κ2) is 5.18. The smallest absolute Gasteiger partial charge is 0.323 e. The van der Waals surface area contributed by atoms with E-state index in [1.54, 1.807) is 13.8 Å². The Morgan fingerprint density at radius 2 is 2.18 bits per heavy atom. The summed E-state index contributed by atoms with van der Waals surface area (Å²) in [5.41, 5.74) is 0.937. The van der Waals surface area contributed by atoms with Crippen LogP contribution in [0.2, 0.25) is 0 Å². The summed E-state index contributed by atoms with van der Waals surface area (Å²) in [6.07, 6.45) is 0. The molecule has 1 rings (SSSR count). The molecule has 0 bridgehead atoms. The third-order valence-corrected chi connectivity index (χ3v) is 3.72. The number of halogens is 1. The molecule has 0 saturated heterocycles. The van der Waals surface area contributed by atoms with Crippen LogP contribution in [0, 0.1) is 6.92 Å². The van der Waals surface area contributed by atoms with Gasteiger partial charge in [-0.1, -0.05) is 0 Å². The van der Waals surface area contributed by atoms with Crippen LogP contribution in [0.1, 0.15) is 32.2 Å². The van der Waals surface area contributed by atoms with Crippen molar-refractivity contribution in [2.75, 3.05) is 0 Å². The van der Waals surface area contributed by atoms with Crippen molar-refractivity contribution in [2.24, 2.45) is 0 Å². The van der Waals surface area contributed by atoms with E-state index in [1.165, 1.54) is 0 Å². The highest BCUT2D eigenvalue weighted by molar-refractivity contribution is 9.10. The number of carboxylic acids is 1. The van der Waals surface area contributed by atoms with Crippen LogP contribution in [0.3, 0.4) is 0 Å². The first-order chi connectivity index (χ1) is 7.79. The molecule has 1 aromatic heterocycles. The van der Waals surface area contributed by atoms with E-state index in [-0.39, 0.29) is 0 Å². The molecular weight excluding hydrogens is 286 g/mol. The average molecular weight is 304 g/mol. The average Bonchev–Trinajstić information content (AvgIpc) is 2.52. The topological polar surface area (TPSA) is 67.2 Å². The predicted molar refractivity (Wildman–Crippen MR) is 68.9 cm³/mol. The first-order valence-electron chi connectivity index (χ1n) is 5.49. The molecule has 17 heavy (non-hydrogen) atoms. The van der Waals surface area contributed by atoms with Gasteiger partial charge >= 0.3 is 5.97 Å². The van der Waals surface area contributed by atoms with Crippen LogP contribution in [0.4, 0.5) is 0 Å². The standard InChI is InChI=1S/C11H18BrN3O2/c1-5-15-8(9(12)7(2)14-15)6-13-11(3,4)10(16)17/h13H,5-6H2,1-4H3,(H,16,17). The number of aromatic nitrogens is 2. The van der Waals surface area contributed by atoms with Gasteiger partial charge in [-0.25, -0.2) is 0 Å². The molecule has 0 radical (unpaired) electrons. The second-order valence-electron chi connectivity index (χ2n) is 4.45. The summed E-state index contributed by atoms with van der Waals surface area (Å²) in [5, 5.41) is 16.4. The molecule has 0 aromatic carbocycles. The van der Waals surface area contributed by atoms with Crippen molar-refractivity contribution in [1.29, 1.82) is 0 Å². The summed E-state index contributed by atoms with van der Waals surface area (Å²) in [7, 11) is 0. The minimum atomic E-state index is -0.948. The molecule has 0 amide bonds. The Morgan fingerprint density at radius 1 is 1.59 bits per heavy atom. The summed E-state index contributed by atoms with van der Waals surface area (Å²) in [4.78, 5) is 11.0. The normalized spacial score (nSPS) is 11.8. The lowest BCUT2D eigenvalue weighted by Gasteiger charge is -2.21. The lowest BCUT2D eigenvalue weighted by atomic mass is 10.1. The van der Waals surface area contributed by atoms with E-state index in [4.69, 9.17) is 5.11 Å². The van der Waals surface area contributed by atoms with Crippen molar-refractivity contribution in [3.8, 4) is 0 Å². The summed E-state index contributed by atoms with van der Waals surface area (Å²) < 4.78 is 2.80. The van der Waals surface area contributed by atoms with Gasteiger partial charge in [0.2, 0.25) is 0 Å². The van der Waals surface area contributed by atoms with E-state index in [0.29, 0.717) is 6.54 Å². The van der Waals surface area contributed by atoms with Crippen LogP contribution >= 0.6 is 15.9 Å². The molecule has 0 aliphatic heterocycles. The lowest BCUT2D eigenvalue weighted by molar-refractivity contribution is -0.143. The zero-order chi connectivity index (χ0) is 13.2. The highest BCUT2D eigenvalue weighted by atomic mass is 79.9. The number of carboxylic acid groups (broad SMARTS) is 1. The minimum absolute atomic E-state index is 0.467. The van der Waals surface area contributed by atoms with Crippen molar-refractivity contribution in [3.63, 3.8) is 0 Å². The van der Waals surface area contributed by atoms with Gasteiger partial charge in [0.1, 0.15) is 5.54 Å². The fourth-order valence-corrected chi connectivity index (χ4v) is 1.84. The van der Waals surface area contributed by atoms with Gasteiger partial charge in [-0.3, -0.25) is 14.8 Å². The summed E-state index contributed by atoms with van der Waals surface area (Å²) in [6, 6.07) is 0. The van der Waals surface area contributed by atoms with Crippen LogP contribution in [0.15, 0.2) is 4.47 Å². The lowest BCUT2D eigenvalue weighted by Crippen LogP contribution is -2.46. The van der Waals surface area contributed by atoms with Crippen molar-refractivity contribution in [3.05, 3.63) is 15.9 Å². The number of rotatable bonds is 5. The quantitative estimate of drug-likeness (QED) is 0.872. The summed E-state index contributed by atoms with van der Waals surface area (Å²) in [5.74, 6) is -0.868. The molecule has 5 nitrogen and oxygen atoms in total. The zero-order valence-corrected chi connectivity index (χ0v) is 12.1. The molecule has 0 fully saturated rings. The van der Waals surface area contributed by atoms with E-state index >= 15 is 0 Å². The number of aliphatic carboxylic acids is 1. The van der Waals surface area contributed by atoms with Crippen molar-refractivity contribution < 1.29 is 9.90 Å². The molecule has 0 spiro atoms. The minimum Gasteiger partial charge on any atom is -0.480 e. The first kappa shape index (κ1) is 14.2. The largest absolute Gasteiger partial charge is 0.480 e. The molecule has 2 N–H and O–H groups in total. The molecule has 6 heteroatoms. The van der Waals surface area contributed by atoms with Crippen LogP contribution in [0.25, 0.3) is 0 Å². The zero-order valence-electron chi connectivity index (χ0n) is 10.5. The SMILES string of the molecule is CCn1nc(C)c(Br)c1CNC(C)(C)C(=O)O. The Balaban J connectivity index is 2.86. The van der Waals surface area contributed by atoms with E-state index in [2.05, 4.69) is 26.3 Å². The van der Waals surface area contributed by atoms with E-state index in [0.717, 1.165) is 22.4 Å². The molecule has 0 saturated carbocycles. The van der Waals surface area contributed by atoms with Crippen LogP contribution < -0.4 is 5.32 Å². The Hall–Kier alpha value is -0.880. The molecular formula is C11H18BrN3O2. The number of hydrogen-bond acceptors (Lipinski definition) is 3. The molecule has 0 aliphatic carbocycles. The van der Waals surface area contributed by atoms with Gasteiger partial charge in [0.15, 0.2) is 0 Å². The Kier molecular flexibility index (Phi) is 4.32. The number of hydrogen-bond donors (Lipinski definition) is 2. The Labute approximate surface area is 109 Å². The van der Waals surface area contributed by atoms with Gasteiger partial charge in [0, 0.05) is 13.1 Å². The van der Waals surface area contributed by atoms with Gasteiger partial charge in [-0.15, -0.1) is 0 Å². The van der Waals surface area contributed by atoms with Gasteiger partial charge in [0.25, 0.3) is 0 Å². The number of nitrogens with zero attached hydrogens (tertiary/aromatic N) is 2. The van der Waals surface area contributed by atoms with Crippen molar-refractivity contribution in [2.45, 2.75) is 46.3 Å². The Bertz CT molecular complexity index is 427. The van der Waals surface area contributed by atoms with E-state index in [1.807, 2.05) is 18.5 Å². The van der Waals surface area contributed by atoms with Crippen molar-refractivity contribution in [1.82, 2.24) is 15.1 Å². The fourth-order valence-electron chi connectivity index (χ4n) is 1.42. The third kappa shape index (κ3) is 3.07. The number of aryl methyl sites for hydroxylation is 2. The van der Waals surface area contributed by atoms with Crippen LogP contribution in [-0.4, -0.2) is 26.4 Å². The molecule has 0 aliphatic rings. The molecule has 96 valence electrons. The van der Waals surface area contributed by atoms with Crippen LogP contribution in [0.5, 0.6) is 0 Å². The monoisotopic (exact) mass is 303 g/mol. The maximum atomic E-state index is 11.0. The maximum Gasteiger partial charge on any atom is 0.323 e. The maximum absolute atomic E-state index is 11.0. The molecule has 0 unspecified atom stereocenters. The third-order valence-electron chi connectivity index (χ3n) is 2.69. The molecule has 1 aromatic rings. The van der Waals surface area contributed by atoms with E-state index in [9.17, 15) is 4.79 Å². The van der Waals surface area contributed by atoms with Gasteiger partial charge < -0.3 is 5.11 Å². The first-order valence-corrected chi connectivity index (χ1v) is 6.29. The second-order valence-corrected chi connectivity index (χ2v) is 5.24. The number of nitrogens with one attached hydrogen (secondary N) is 1. The summed E-state index contributed by atoms with van der Waals surface area (Å²) in [6.45, 7) is 8.43. The van der Waals surface area contributed by atoms with Crippen LogP contribution in [-0.2, 0) is 17.9 Å². The number of carbonyl (C=O) groups is 1. The highest BCUT2D eigenvalue weighted by Gasteiger charge is 2.27. The summed E-state index contributed by atoms with van der Waals surface area (Å²) >= 11 is 3.48.